The van der Waals surface area contributed by atoms with Gasteiger partial charge in [0.1, 0.15) is 6.17 Å². The number of hydrogen-bond donors (Lipinski definition) is 3. The van der Waals surface area contributed by atoms with Crippen molar-refractivity contribution in [1.29, 1.82) is 0 Å². The van der Waals surface area contributed by atoms with E-state index < -0.39 is 18.2 Å². The lowest BCUT2D eigenvalue weighted by atomic mass is 10.1. The maximum Gasteiger partial charge on any atom is 0.329 e. The molecule has 0 aliphatic carbocycles. The fourth-order valence-corrected chi connectivity index (χ4v) is 1.82. The van der Waals surface area contributed by atoms with Crippen LogP contribution in [0.5, 0.6) is 0 Å². The second-order valence-corrected chi connectivity index (χ2v) is 4.49. The predicted octanol–water partition coefficient (Wildman–Crippen LogP) is 2.56. The van der Waals surface area contributed by atoms with Gasteiger partial charge in [-0.3, -0.25) is 0 Å². The molecule has 2 unspecified atom stereocenters. The Morgan fingerprint density at radius 2 is 2.05 bits per heavy atom. The summed E-state index contributed by atoms with van der Waals surface area (Å²) >= 11 is 4.98. The Labute approximate surface area is 117 Å². The second kappa shape index (κ2) is 7.68. The van der Waals surface area contributed by atoms with Gasteiger partial charge in [0.05, 0.1) is 0 Å². The van der Waals surface area contributed by atoms with Crippen molar-refractivity contribution in [2.24, 2.45) is 0 Å². The Kier molecular flexibility index (Phi) is 6.21. The molecule has 0 bridgehead atoms. The molecule has 0 heterocycles. The molecule has 3 N–H and O–H groups in total. The molecule has 0 aliphatic heterocycles. The molecule has 0 aliphatic rings. The van der Waals surface area contributed by atoms with Crippen molar-refractivity contribution >= 4 is 29.0 Å². The maximum absolute atomic E-state index is 13.7. The monoisotopic (exact) mass is 284 g/mol. The van der Waals surface area contributed by atoms with Gasteiger partial charge in [-0.2, -0.15) is 0 Å². The Hall–Kier alpha value is -1.69. The number of thiocarbonyl (C=S) groups is 1. The highest BCUT2D eigenvalue weighted by molar-refractivity contribution is 7.80. The van der Waals surface area contributed by atoms with E-state index in [0.29, 0.717) is 6.42 Å². The second-order valence-electron chi connectivity index (χ2n) is 4.09. The first kappa shape index (κ1) is 15.4. The zero-order valence-corrected chi connectivity index (χ0v) is 11.4. The Morgan fingerprint density at radius 1 is 1.42 bits per heavy atom. The van der Waals surface area contributed by atoms with E-state index in [4.69, 9.17) is 17.3 Å². The van der Waals surface area contributed by atoms with E-state index in [1.165, 1.54) is 0 Å². The lowest BCUT2D eigenvalue weighted by Gasteiger charge is -2.20. The molecule has 0 amide bonds. The lowest BCUT2D eigenvalue weighted by molar-refractivity contribution is -0.140. The molecule has 0 saturated heterocycles. The summed E-state index contributed by atoms with van der Waals surface area (Å²) in [6.45, 7) is 1.80. The van der Waals surface area contributed by atoms with E-state index in [2.05, 4.69) is 10.6 Å². The van der Waals surface area contributed by atoms with Gasteiger partial charge in [0, 0.05) is 5.69 Å². The van der Waals surface area contributed by atoms with Crippen LogP contribution in [0.4, 0.5) is 10.1 Å². The van der Waals surface area contributed by atoms with E-state index in [-0.39, 0.29) is 11.5 Å². The number of alkyl halides is 1. The van der Waals surface area contributed by atoms with E-state index in [0.717, 1.165) is 5.69 Å². The molecule has 1 rings (SSSR count). The molecular weight excluding hydrogens is 267 g/mol. The molecule has 1 aromatic carbocycles. The van der Waals surface area contributed by atoms with E-state index in [9.17, 15) is 9.18 Å². The van der Waals surface area contributed by atoms with Gasteiger partial charge >= 0.3 is 5.97 Å². The Morgan fingerprint density at radius 3 is 2.58 bits per heavy atom. The van der Waals surface area contributed by atoms with Crippen LogP contribution in [0.2, 0.25) is 0 Å². The van der Waals surface area contributed by atoms with Crippen LogP contribution < -0.4 is 10.6 Å². The minimum absolute atomic E-state index is 0.0948. The van der Waals surface area contributed by atoms with Gasteiger partial charge in [-0.15, -0.1) is 0 Å². The van der Waals surface area contributed by atoms with E-state index in [1.807, 2.05) is 18.2 Å². The zero-order valence-electron chi connectivity index (χ0n) is 10.6. The van der Waals surface area contributed by atoms with Gasteiger partial charge in [-0.25, -0.2) is 9.18 Å². The number of benzene rings is 1. The first-order valence-corrected chi connectivity index (χ1v) is 6.45. The third-order valence-corrected chi connectivity index (χ3v) is 2.73. The molecule has 104 valence electrons. The van der Waals surface area contributed by atoms with Crippen molar-refractivity contribution in [1.82, 2.24) is 5.32 Å². The first-order chi connectivity index (χ1) is 9.04. The van der Waals surface area contributed by atoms with Gasteiger partial charge < -0.3 is 15.7 Å². The molecule has 1 aromatic rings. The number of carbonyl (C=O) groups is 1. The number of hydrogen-bond acceptors (Lipinski definition) is 2. The molecule has 4 nitrogen and oxygen atoms in total. The first-order valence-electron chi connectivity index (χ1n) is 6.04. The molecule has 2 atom stereocenters. The number of carboxylic acids is 1. The minimum Gasteiger partial charge on any atom is -0.480 e. The summed E-state index contributed by atoms with van der Waals surface area (Å²) in [5.41, 5.74) is 0.718. The van der Waals surface area contributed by atoms with Crippen LogP contribution in [0.15, 0.2) is 30.3 Å². The molecular formula is C13H17FN2O2S. The fraction of sp³-hybridized carbons (Fsp3) is 0.385. The number of halogens is 1. The lowest BCUT2D eigenvalue weighted by Crippen LogP contribution is -2.48. The fourth-order valence-electron chi connectivity index (χ4n) is 1.58. The third kappa shape index (κ3) is 5.21. The van der Waals surface area contributed by atoms with Gasteiger partial charge in [0.2, 0.25) is 0 Å². The summed E-state index contributed by atoms with van der Waals surface area (Å²) in [6.07, 6.45) is -0.721. The van der Waals surface area contributed by atoms with Gasteiger partial charge in [-0.1, -0.05) is 31.5 Å². The van der Waals surface area contributed by atoms with Gasteiger partial charge in [-0.05, 0) is 30.8 Å². The topological polar surface area (TPSA) is 61.4 Å². The molecule has 0 aromatic heterocycles. The van der Waals surface area contributed by atoms with Crippen LogP contribution in [-0.4, -0.2) is 28.4 Å². The molecule has 19 heavy (non-hydrogen) atoms. The highest BCUT2D eigenvalue weighted by Crippen LogP contribution is 2.09. The summed E-state index contributed by atoms with van der Waals surface area (Å²) in [6, 6.07) is 7.71. The van der Waals surface area contributed by atoms with Crippen molar-refractivity contribution in [2.45, 2.75) is 32.0 Å². The van der Waals surface area contributed by atoms with Crippen LogP contribution >= 0.6 is 12.2 Å². The molecule has 0 saturated carbocycles. The molecule has 0 radical (unpaired) electrons. The number of nitrogens with one attached hydrogen (secondary N) is 2. The summed E-state index contributed by atoms with van der Waals surface area (Å²) in [4.78, 5) is 11.0. The number of carboxylic acid groups (broad SMARTS) is 1. The summed E-state index contributed by atoms with van der Waals surface area (Å²) < 4.78 is 13.7. The SMILES string of the molecule is CCCC(F)C(NC(=S)Nc1ccccc1)C(=O)O. The van der Waals surface area contributed by atoms with Crippen molar-refractivity contribution in [3.8, 4) is 0 Å². The predicted molar refractivity (Wildman–Crippen MR) is 77.0 cm³/mol. The van der Waals surface area contributed by atoms with E-state index >= 15 is 0 Å². The quantitative estimate of drug-likeness (QED) is 0.701. The van der Waals surface area contributed by atoms with Crippen LogP contribution in [-0.2, 0) is 4.79 Å². The largest absolute Gasteiger partial charge is 0.480 e. The normalized spacial score (nSPS) is 13.4. The van der Waals surface area contributed by atoms with Crippen LogP contribution in [0.3, 0.4) is 0 Å². The summed E-state index contributed by atoms with van der Waals surface area (Å²) in [5.74, 6) is -1.25. The smallest absolute Gasteiger partial charge is 0.329 e. The zero-order chi connectivity index (χ0) is 14.3. The van der Waals surface area contributed by atoms with Crippen LogP contribution in [0, 0.1) is 0 Å². The van der Waals surface area contributed by atoms with Crippen molar-refractivity contribution < 1.29 is 14.3 Å². The highest BCUT2D eigenvalue weighted by atomic mass is 32.1. The average Bonchev–Trinajstić information content (AvgIpc) is 2.37. The van der Waals surface area contributed by atoms with Crippen LogP contribution in [0.25, 0.3) is 0 Å². The number of aliphatic carboxylic acids is 1. The standard InChI is InChI=1S/C13H17FN2O2S/c1-2-6-10(14)11(12(17)18)16-13(19)15-9-7-4-3-5-8-9/h3-5,7-8,10-11H,2,6H2,1H3,(H,17,18)(H2,15,16,19). The Balaban J connectivity index is 2.59. The molecule has 0 fully saturated rings. The summed E-state index contributed by atoms with van der Waals surface area (Å²) in [5, 5.41) is 14.4. The Bertz CT molecular complexity index is 428. The average molecular weight is 284 g/mol. The van der Waals surface area contributed by atoms with Gasteiger partial charge in [0.25, 0.3) is 0 Å². The molecule has 0 spiro atoms. The minimum atomic E-state index is -1.47. The number of para-hydroxylation sites is 1. The van der Waals surface area contributed by atoms with Crippen molar-refractivity contribution in [3.05, 3.63) is 30.3 Å². The van der Waals surface area contributed by atoms with E-state index in [1.54, 1.807) is 19.1 Å². The highest BCUT2D eigenvalue weighted by Gasteiger charge is 2.28. The maximum atomic E-state index is 13.7. The third-order valence-electron chi connectivity index (χ3n) is 2.51. The summed E-state index contributed by atoms with van der Waals surface area (Å²) in [7, 11) is 0. The van der Waals surface area contributed by atoms with Crippen molar-refractivity contribution in [2.75, 3.05) is 5.32 Å². The molecule has 6 heteroatoms. The van der Waals surface area contributed by atoms with Crippen molar-refractivity contribution in [3.63, 3.8) is 0 Å². The number of rotatable bonds is 6. The van der Waals surface area contributed by atoms with Crippen LogP contribution in [0.1, 0.15) is 19.8 Å². The number of anilines is 1. The van der Waals surface area contributed by atoms with Gasteiger partial charge in [0.15, 0.2) is 11.2 Å².